The van der Waals surface area contributed by atoms with E-state index in [9.17, 15) is 27.6 Å². The zero-order valence-electron chi connectivity index (χ0n) is 14.8. The predicted molar refractivity (Wildman–Crippen MR) is 88.0 cm³/mol. The molecule has 0 saturated carbocycles. The minimum Gasteiger partial charge on any atom is -0.463 e. The highest BCUT2D eigenvalue weighted by atomic mass is 19.3. The first kappa shape index (κ1) is 21.1. The molecule has 6 nitrogen and oxygen atoms in total. The van der Waals surface area contributed by atoms with Gasteiger partial charge in [0.15, 0.2) is 0 Å². The average molecular weight is 400 g/mol. The summed E-state index contributed by atoms with van der Waals surface area (Å²) in [6, 6.07) is 6.71. The lowest BCUT2D eigenvalue weighted by Crippen LogP contribution is -2.34. The first-order valence-electron chi connectivity index (χ1n) is 8.03. The van der Waals surface area contributed by atoms with Gasteiger partial charge in [0.25, 0.3) is 0 Å². The second-order valence-corrected chi connectivity index (χ2v) is 5.62. The lowest BCUT2D eigenvalue weighted by atomic mass is 9.82. The zero-order chi connectivity index (χ0) is 21.1. The number of hydrogen-bond donors (Lipinski definition) is 1. The van der Waals surface area contributed by atoms with Gasteiger partial charge in [0.1, 0.15) is 23.2 Å². The number of nitriles is 1. The Morgan fingerprint density at radius 1 is 1.39 bits per heavy atom. The number of esters is 1. The highest BCUT2D eigenvalue weighted by Crippen LogP contribution is 2.44. The van der Waals surface area contributed by atoms with E-state index in [2.05, 4.69) is 4.74 Å². The fraction of sp³-hybridized carbons (Fsp3) is 0.333. The first-order chi connectivity index (χ1) is 13.1. The standard InChI is InChI=1S/C18H16F4N2O4/c1-3-26-16(25)13-9(2)27-15(24)11(8-23)14(13)10-6-4-5-7-12(10)28-18(21,22)17(19)20/h4-7,14,17H,3,24H2,1-2H3. The molecule has 0 bridgehead atoms. The van der Waals surface area contributed by atoms with E-state index in [4.69, 9.17) is 15.2 Å². The highest BCUT2D eigenvalue weighted by molar-refractivity contribution is 5.92. The number of carbonyl (C=O) groups is 1. The summed E-state index contributed by atoms with van der Waals surface area (Å²) in [4.78, 5) is 12.4. The molecule has 1 aromatic rings. The van der Waals surface area contributed by atoms with Crippen LogP contribution in [0.15, 0.2) is 47.1 Å². The van der Waals surface area contributed by atoms with Crippen molar-refractivity contribution in [2.24, 2.45) is 5.73 Å². The fourth-order valence-corrected chi connectivity index (χ4v) is 2.67. The molecule has 1 unspecified atom stereocenters. The predicted octanol–water partition coefficient (Wildman–Crippen LogP) is 3.57. The first-order valence-corrected chi connectivity index (χ1v) is 8.03. The van der Waals surface area contributed by atoms with E-state index in [1.807, 2.05) is 0 Å². The van der Waals surface area contributed by atoms with Crippen molar-refractivity contribution >= 4 is 5.97 Å². The molecule has 10 heteroatoms. The molecule has 0 fully saturated rings. The summed E-state index contributed by atoms with van der Waals surface area (Å²) < 4.78 is 66.5. The molecule has 0 radical (unpaired) electrons. The van der Waals surface area contributed by atoms with E-state index in [-0.39, 0.29) is 35.0 Å². The van der Waals surface area contributed by atoms with Crippen LogP contribution < -0.4 is 10.5 Å². The van der Waals surface area contributed by atoms with Crippen molar-refractivity contribution in [3.05, 3.63) is 52.6 Å². The van der Waals surface area contributed by atoms with Gasteiger partial charge in [-0.25, -0.2) is 4.79 Å². The number of nitrogens with zero attached hydrogens (tertiary/aromatic N) is 1. The number of benzene rings is 1. The second-order valence-electron chi connectivity index (χ2n) is 5.62. The molecule has 1 heterocycles. The number of rotatable bonds is 6. The fourth-order valence-electron chi connectivity index (χ4n) is 2.67. The third-order valence-electron chi connectivity index (χ3n) is 3.83. The van der Waals surface area contributed by atoms with Gasteiger partial charge in [-0.3, -0.25) is 0 Å². The Hall–Kier alpha value is -3.22. The van der Waals surface area contributed by atoms with Crippen LogP contribution in [0.4, 0.5) is 17.6 Å². The smallest absolute Gasteiger partial charge is 0.461 e. The molecule has 0 aliphatic carbocycles. The lowest BCUT2D eigenvalue weighted by Gasteiger charge is -2.28. The third kappa shape index (κ3) is 4.03. The topological polar surface area (TPSA) is 94.6 Å². The van der Waals surface area contributed by atoms with Gasteiger partial charge in [0.05, 0.1) is 18.1 Å². The SMILES string of the molecule is CCOC(=O)C1=C(C)OC(N)=C(C#N)C1c1ccccc1OC(F)(F)C(F)F. The largest absolute Gasteiger partial charge is 0.463 e. The van der Waals surface area contributed by atoms with Crippen LogP contribution in [0, 0.1) is 11.3 Å². The molecule has 150 valence electrons. The molecule has 1 atom stereocenters. The normalized spacial score (nSPS) is 17.3. The zero-order valence-corrected chi connectivity index (χ0v) is 14.8. The van der Waals surface area contributed by atoms with E-state index in [0.29, 0.717) is 0 Å². The summed E-state index contributed by atoms with van der Waals surface area (Å²) in [6.45, 7) is 2.91. The van der Waals surface area contributed by atoms with Gasteiger partial charge < -0.3 is 19.9 Å². The Labute approximate surface area is 157 Å². The molecule has 0 spiro atoms. The number of alkyl halides is 4. The minimum absolute atomic E-state index is 0.00891. The van der Waals surface area contributed by atoms with Crippen molar-refractivity contribution in [3.63, 3.8) is 0 Å². The van der Waals surface area contributed by atoms with E-state index in [1.165, 1.54) is 25.1 Å². The second kappa shape index (κ2) is 8.21. The number of carbonyl (C=O) groups excluding carboxylic acids is 1. The van der Waals surface area contributed by atoms with Crippen LogP contribution in [0.1, 0.15) is 25.3 Å². The van der Waals surface area contributed by atoms with Crippen molar-refractivity contribution in [1.29, 1.82) is 5.26 Å². The number of ether oxygens (including phenoxy) is 3. The van der Waals surface area contributed by atoms with Crippen molar-refractivity contribution in [2.45, 2.75) is 32.3 Å². The Bertz CT molecular complexity index is 875. The van der Waals surface area contributed by atoms with E-state index < -0.39 is 30.2 Å². The van der Waals surface area contributed by atoms with Gasteiger partial charge in [0.2, 0.25) is 5.88 Å². The van der Waals surface area contributed by atoms with E-state index in [1.54, 1.807) is 13.0 Å². The Kier molecular flexibility index (Phi) is 6.18. The number of halogens is 4. The summed E-state index contributed by atoms with van der Waals surface area (Å²) in [5.74, 6) is -3.19. The molecule has 0 aromatic heterocycles. The van der Waals surface area contributed by atoms with Crippen LogP contribution in [-0.4, -0.2) is 25.1 Å². The summed E-state index contributed by atoms with van der Waals surface area (Å²) in [7, 11) is 0. The van der Waals surface area contributed by atoms with Crippen LogP contribution in [0.25, 0.3) is 0 Å². The lowest BCUT2D eigenvalue weighted by molar-refractivity contribution is -0.253. The molecule has 0 saturated heterocycles. The van der Waals surface area contributed by atoms with Gasteiger partial charge >= 0.3 is 18.5 Å². The summed E-state index contributed by atoms with van der Waals surface area (Å²) in [6.07, 6.45) is -8.88. The number of nitrogens with two attached hydrogens (primary N) is 1. The molecule has 2 N–H and O–H groups in total. The van der Waals surface area contributed by atoms with Crippen molar-refractivity contribution in [2.75, 3.05) is 6.61 Å². The highest BCUT2D eigenvalue weighted by Gasteiger charge is 2.45. The van der Waals surface area contributed by atoms with Crippen LogP contribution in [-0.2, 0) is 14.3 Å². The third-order valence-corrected chi connectivity index (χ3v) is 3.83. The van der Waals surface area contributed by atoms with Crippen LogP contribution in [0.5, 0.6) is 5.75 Å². The summed E-state index contributed by atoms with van der Waals surface area (Å²) in [5.41, 5.74) is 5.11. The average Bonchev–Trinajstić information content (AvgIpc) is 2.61. The van der Waals surface area contributed by atoms with Gasteiger partial charge in [-0.05, 0) is 19.9 Å². The maximum absolute atomic E-state index is 13.5. The summed E-state index contributed by atoms with van der Waals surface area (Å²) >= 11 is 0. The molecule has 1 aromatic carbocycles. The maximum Gasteiger partial charge on any atom is 0.461 e. The number of allylic oxidation sites excluding steroid dienone is 2. The van der Waals surface area contributed by atoms with Gasteiger partial charge in [-0.1, -0.05) is 18.2 Å². The van der Waals surface area contributed by atoms with E-state index in [0.717, 1.165) is 6.07 Å². The van der Waals surface area contributed by atoms with Crippen molar-refractivity contribution in [1.82, 2.24) is 0 Å². The molecular weight excluding hydrogens is 384 g/mol. The Morgan fingerprint density at radius 2 is 2.04 bits per heavy atom. The van der Waals surface area contributed by atoms with Gasteiger partial charge in [-0.2, -0.15) is 22.8 Å². The Morgan fingerprint density at radius 3 is 2.61 bits per heavy atom. The van der Waals surface area contributed by atoms with Crippen molar-refractivity contribution in [3.8, 4) is 11.8 Å². The number of para-hydroxylation sites is 1. The molecule has 1 aliphatic rings. The van der Waals surface area contributed by atoms with Crippen LogP contribution in [0.2, 0.25) is 0 Å². The minimum atomic E-state index is -4.79. The molecule has 1 aliphatic heterocycles. The number of hydrogen-bond acceptors (Lipinski definition) is 6. The summed E-state index contributed by atoms with van der Waals surface area (Å²) in [5, 5.41) is 9.47. The molecule has 28 heavy (non-hydrogen) atoms. The quantitative estimate of drug-likeness (QED) is 0.580. The van der Waals surface area contributed by atoms with Gasteiger partial charge in [-0.15, -0.1) is 0 Å². The molecule has 0 amide bonds. The van der Waals surface area contributed by atoms with Crippen LogP contribution in [0.3, 0.4) is 0 Å². The van der Waals surface area contributed by atoms with Gasteiger partial charge in [0, 0.05) is 5.56 Å². The van der Waals surface area contributed by atoms with Crippen LogP contribution >= 0.6 is 0 Å². The molecule has 2 rings (SSSR count). The van der Waals surface area contributed by atoms with Crippen molar-refractivity contribution < 1.29 is 36.6 Å². The molecular formula is C18H16F4N2O4. The monoisotopic (exact) mass is 400 g/mol. The van der Waals surface area contributed by atoms with E-state index >= 15 is 0 Å². The Balaban J connectivity index is 2.66. The maximum atomic E-state index is 13.5.